The molecule has 1 aliphatic rings. The highest BCUT2D eigenvalue weighted by Gasteiger charge is 2.17. The number of carbonyl (C=O) groups excluding carboxylic acids is 1. The van der Waals surface area contributed by atoms with Crippen molar-refractivity contribution in [3.05, 3.63) is 46.7 Å². The van der Waals surface area contributed by atoms with E-state index < -0.39 is 0 Å². The van der Waals surface area contributed by atoms with Crippen LogP contribution in [0.4, 0.5) is 11.6 Å². The van der Waals surface area contributed by atoms with E-state index in [1.54, 1.807) is 0 Å². The number of aromatic nitrogens is 2. The minimum absolute atomic E-state index is 0.122. The normalized spacial score (nSPS) is 17.0. The van der Waals surface area contributed by atoms with Crippen molar-refractivity contribution >= 4 is 33.5 Å². The number of ether oxygens (including phenoxy) is 1. The van der Waals surface area contributed by atoms with Gasteiger partial charge in [-0.25, -0.2) is 9.97 Å². The Bertz CT molecular complexity index is 672. The summed E-state index contributed by atoms with van der Waals surface area (Å²) in [7, 11) is 0. The molecule has 1 aromatic carbocycles. The van der Waals surface area contributed by atoms with Crippen molar-refractivity contribution in [2.45, 2.75) is 18.9 Å². The molecule has 0 saturated carbocycles. The van der Waals surface area contributed by atoms with Crippen LogP contribution in [0.25, 0.3) is 0 Å². The van der Waals surface area contributed by atoms with Gasteiger partial charge in [0.15, 0.2) is 0 Å². The molecule has 1 aliphatic heterocycles. The molecule has 1 saturated heterocycles. The summed E-state index contributed by atoms with van der Waals surface area (Å²) in [4.78, 5) is 20.4. The Kier molecular flexibility index (Phi) is 5.19. The summed E-state index contributed by atoms with van der Waals surface area (Å²) in [6, 6.07) is 7.68. The quantitative estimate of drug-likeness (QED) is 0.838. The molecule has 1 atom stereocenters. The summed E-state index contributed by atoms with van der Waals surface area (Å²) in [6.45, 7) is 1.30. The fourth-order valence-electron chi connectivity index (χ4n) is 2.31. The van der Waals surface area contributed by atoms with E-state index in [4.69, 9.17) is 4.74 Å². The van der Waals surface area contributed by atoms with Crippen molar-refractivity contribution in [3.63, 3.8) is 0 Å². The smallest absolute Gasteiger partial charge is 0.254 e. The summed E-state index contributed by atoms with van der Waals surface area (Å²) in [5.41, 5.74) is 1.30. The number of carbonyl (C=O) groups is 1. The van der Waals surface area contributed by atoms with Gasteiger partial charge in [0.1, 0.15) is 0 Å². The first-order valence-electron chi connectivity index (χ1n) is 7.46. The lowest BCUT2D eigenvalue weighted by molar-refractivity contribution is 0.0857. The summed E-state index contributed by atoms with van der Waals surface area (Å²) in [5.74, 6) is 0.250. The number of nitrogens with one attached hydrogen (secondary N) is 2. The number of halogens is 1. The third-order valence-electron chi connectivity index (χ3n) is 3.55. The van der Waals surface area contributed by atoms with Gasteiger partial charge in [-0.1, -0.05) is 12.1 Å². The van der Waals surface area contributed by atoms with Crippen LogP contribution in [-0.2, 0) is 4.74 Å². The molecule has 1 amide bonds. The Morgan fingerprint density at radius 1 is 1.30 bits per heavy atom. The average Bonchev–Trinajstić information content (AvgIpc) is 3.09. The number of anilines is 2. The van der Waals surface area contributed by atoms with Crippen LogP contribution in [0.5, 0.6) is 0 Å². The molecule has 0 spiro atoms. The zero-order valence-corrected chi connectivity index (χ0v) is 14.0. The Morgan fingerprint density at radius 3 is 2.78 bits per heavy atom. The van der Waals surface area contributed by atoms with Gasteiger partial charge in [0, 0.05) is 30.0 Å². The summed E-state index contributed by atoms with van der Waals surface area (Å²) >= 11 is 3.45. The number of hydrogen-bond acceptors (Lipinski definition) is 5. The number of amides is 1. The lowest BCUT2D eigenvalue weighted by Gasteiger charge is -2.11. The van der Waals surface area contributed by atoms with Crippen molar-refractivity contribution in [2.75, 3.05) is 18.5 Å². The Hall–Kier alpha value is -1.99. The maximum atomic E-state index is 12.1. The molecule has 1 unspecified atom stereocenters. The lowest BCUT2D eigenvalue weighted by atomic mass is 10.2. The summed E-state index contributed by atoms with van der Waals surface area (Å²) in [5, 5.41) is 5.94. The van der Waals surface area contributed by atoms with E-state index >= 15 is 0 Å². The third kappa shape index (κ3) is 4.27. The molecule has 2 heterocycles. The molecule has 1 fully saturated rings. The molecule has 6 nitrogen and oxygen atoms in total. The molecule has 0 radical (unpaired) electrons. The highest BCUT2D eigenvalue weighted by Crippen LogP contribution is 2.23. The van der Waals surface area contributed by atoms with Gasteiger partial charge in [0.2, 0.25) is 5.95 Å². The van der Waals surface area contributed by atoms with Gasteiger partial charge in [-0.2, -0.15) is 0 Å². The first-order chi connectivity index (χ1) is 11.2. The van der Waals surface area contributed by atoms with Crippen LogP contribution >= 0.6 is 15.9 Å². The monoisotopic (exact) mass is 376 g/mol. The van der Waals surface area contributed by atoms with Gasteiger partial charge in [-0.3, -0.25) is 4.79 Å². The Labute approximate surface area is 142 Å². The predicted octanol–water partition coefficient (Wildman–Crippen LogP) is 2.89. The fraction of sp³-hybridized carbons (Fsp3) is 0.312. The molecule has 120 valence electrons. The second-order valence-electron chi connectivity index (χ2n) is 5.25. The SMILES string of the molecule is O=C(NCC1CCCO1)c1cnc(Nc2ccccc2Br)nc1. The standard InChI is InChI=1S/C16H17BrN4O2/c17-13-5-1-2-6-14(13)21-16-19-8-11(9-20-16)15(22)18-10-12-4-3-7-23-12/h1-2,5-6,8-9,12H,3-4,7,10H2,(H,18,22)(H,19,20,21). The first kappa shape index (κ1) is 15.9. The molecule has 2 aromatic rings. The van der Waals surface area contributed by atoms with E-state index in [1.807, 2.05) is 24.3 Å². The van der Waals surface area contributed by atoms with Crippen LogP contribution in [0.1, 0.15) is 23.2 Å². The molecule has 0 aliphatic carbocycles. The van der Waals surface area contributed by atoms with Crippen LogP contribution in [0.15, 0.2) is 41.1 Å². The highest BCUT2D eigenvalue weighted by molar-refractivity contribution is 9.10. The molecule has 0 bridgehead atoms. The van der Waals surface area contributed by atoms with Crippen molar-refractivity contribution in [1.29, 1.82) is 0 Å². The largest absolute Gasteiger partial charge is 0.376 e. The van der Waals surface area contributed by atoms with Gasteiger partial charge in [0.25, 0.3) is 5.91 Å². The van der Waals surface area contributed by atoms with Crippen molar-refractivity contribution in [3.8, 4) is 0 Å². The maximum absolute atomic E-state index is 12.1. The van der Waals surface area contributed by atoms with Gasteiger partial charge >= 0.3 is 0 Å². The second-order valence-corrected chi connectivity index (χ2v) is 6.10. The number of rotatable bonds is 5. The van der Waals surface area contributed by atoms with E-state index in [0.29, 0.717) is 18.1 Å². The van der Waals surface area contributed by atoms with E-state index in [1.165, 1.54) is 12.4 Å². The van der Waals surface area contributed by atoms with Crippen LogP contribution < -0.4 is 10.6 Å². The van der Waals surface area contributed by atoms with E-state index in [9.17, 15) is 4.79 Å². The summed E-state index contributed by atoms with van der Waals surface area (Å²) < 4.78 is 6.39. The zero-order valence-electron chi connectivity index (χ0n) is 12.5. The van der Waals surface area contributed by atoms with Crippen molar-refractivity contribution < 1.29 is 9.53 Å². The van der Waals surface area contributed by atoms with E-state index in [0.717, 1.165) is 29.6 Å². The minimum Gasteiger partial charge on any atom is -0.376 e. The number of para-hydroxylation sites is 1. The lowest BCUT2D eigenvalue weighted by Crippen LogP contribution is -2.31. The van der Waals surface area contributed by atoms with Crippen molar-refractivity contribution in [1.82, 2.24) is 15.3 Å². The van der Waals surface area contributed by atoms with Gasteiger partial charge in [-0.05, 0) is 40.9 Å². The minimum atomic E-state index is -0.187. The Morgan fingerprint density at radius 2 is 2.09 bits per heavy atom. The predicted molar refractivity (Wildman–Crippen MR) is 90.8 cm³/mol. The number of benzene rings is 1. The third-order valence-corrected chi connectivity index (χ3v) is 4.24. The maximum Gasteiger partial charge on any atom is 0.254 e. The molecule has 2 N–H and O–H groups in total. The summed E-state index contributed by atoms with van der Waals surface area (Å²) in [6.07, 6.45) is 5.19. The molecule has 3 rings (SSSR count). The van der Waals surface area contributed by atoms with Crippen LogP contribution in [0, 0.1) is 0 Å². The number of nitrogens with zero attached hydrogens (tertiary/aromatic N) is 2. The van der Waals surface area contributed by atoms with Crippen molar-refractivity contribution in [2.24, 2.45) is 0 Å². The van der Waals surface area contributed by atoms with Crippen LogP contribution in [0.2, 0.25) is 0 Å². The first-order valence-corrected chi connectivity index (χ1v) is 8.25. The van der Waals surface area contributed by atoms with Gasteiger partial charge < -0.3 is 15.4 Å². The van der Waals surface area contributed by atoms with E-state index in [-0.39, 0.29) is 12.0 Å². The van der Waals surface area contributed by atoms with E-state index in [2.05, 4.69) is 36.5 Å². The fourth-order valence-corrected chi connectivity index (χ4v) is 2.69. The van der Waals surface area contributed by atoms with Gasteiger partial charge in [-0.15, -0.1) is 0 Å². The highest BCUT2D eigenvalue weighted by atomic mass is 79.9. The van der Waals surface area contributed by atoms with Gasteiger partial charge in [0.05, 0.1) is 17.4 Å². The second kappa shape index (κ2) is 7.52. The van der Waals surface area contributed by atoms with Crippen LogP contribution in [0.3, 0.4) is 0 Å². The number of hydrogen-bond donors (Lipinski definition) is 2. The molecule has 7 heteroatoms. The molecular weight excluding hydrogens is 360 g/mol. The molecular formula is C16H17BrN4O2. The van der Waals surface area contributed by atoms with Crippen LogP contribution in [-0.4, -0.2) is 35.1 Å². The average molecular weight is 377 g/mol. The zero-order chi connectivity index (χ0) is 16.1. The molecule has 23 heavy (non-hydrogen) atoms. The Balaban J connectivity index is 1.58. The topological polar surface area (TPSA) is 76.1 Å². The molecule has 1 aromatic heterocycles.